The van der Waals surface area contributed by atoms with Gasteiger partial charge in [-0.15, -0.1) is 0 Å². The second-order valence-electron chi connectivity index (χ2n) is 6.56. The van der Waals surface area contributed by atoms with Crippen molar-refractivity contribution in [3.63, 3.8) is 0 Å². The molecule has 25 heavy (non-hydrogen) atoms. The molecule has 2 heterocycles. The molecule has 2 atom stereocenters. The molecule has 2 saturated heterocycles. The maximum Gasteiger partial charge on any atom is 0.254 e. The first kappa shape index (κ1) is 18.3. The van der Waals surface area contributed by atoms with Gasteiger partial charge in [-0.2, -0.15) is 0 Å². The van der Waals surface area contributed by atoms with Crippen LogP contribution in [0.15, 0.2) is 29.2 Å². The summed E-state index contributed by atoms with van der Waals surface area (Å²) in [5, 5.41) is 3.25. The number of sulfonamides is 1. The highest BCUT2D eigenvalue weighted by Gasteiger charge is 2.25. The SMILES string of the molecule is CC1CNCCN1C(=O)c1ccc(S(=O)(=O)NCC2CCCO2)cc1. The number of nitrogens with one attached hydrogen (secondary N) is 2. The van der Waals surface area contributed by atoms with Crippen LogP contribution in [-0.4, -0.2) is 64.2 Å². The van der Waals surface area contributed by atoms with Crippen LogP contribution < -0.4 is 10.0 Å². The Balaban J connectivity index is 1.65. The van der Waals surface area contributed by atoms with E-state index in [-0.39, 0.29) is 29.5 Å². The number of ether oxygens (including phenoxy) is 1. The van der Waals surface area contributed by atoms with Gasteiger partial charge < -0.3 is 15.0 Å². The first-order valence-corrected chi connectivity index (χ1v) is 10.2. The van der Waals surface area contributed by atoms with E-state index < -0.39 is 10.0 Å². The van der Waals surface area contributed by atoms with Gasteiger partial charge in [0.1, 0.15) is 0 Å². The van der Waals surface area contributed by atoms with Crippen molar-refractivity contribution in [1.82, 2.24) is 14.9 Å². The number of carbonyl (C=O) groups is 1. The highest BCUT2D eigenvalue weighted by atomic mass is 32.2. The predicted octanol–water partition coefficient (Wildman–Crippen LogP) is 0.578. The minimum absolute atomic E-state index is 0.0511. The number of nitrogens with zero attached hydrogens (tertiary/aromatic N) is 1. The maximum absolute atomic E-state index is 12.6. The zero-order valence-electron chi connectivity index (χ0n) is 14.4. The highest BCUT2D eigenvalue weighted by molar-refractivity contribution is 7.89. The lowest BCUT2D eigenvalue weighted by atomic mass is 10.1. The molecule has 2 unspecified atom stereocenters. The van der Waals surface area contributed by atoms with Gasteiger partial charge >= 0.3 is 0 Å². The topological polar surface area (TPSA) is 87.7 Å². The van der Waals surface area contributed by atoms with Gasteiger partial charge in [-0.05, 0) is 44.0 Å². The molecule has 8 heteroatoms. The molecular formula is C17H25N3O4S. The summed E-state index contributed by atoms with van der Waals surface area (Å²) >= 11 is 0. The molecular weight excluding hydrogens is 342 g/mol. The molecule has 2 fully saturated rings. The van der Waals surface area contributed by atoms with Gasteiger partial charge in [0.05, 0.1) is 11.0 Å². The van der Waals surface area contributed by atoms with Crippen molar-refractivity contribution in [3.05, 3.63) is 29.8 Å². The number of rotatable bonds is 5. The van der Waals surface area contributed by atoms with E-state index in [4.69, 9.17) is 4.74 Å². The Kier molecular flexibility index (Phi) is 5.73. The fourth-order valence-corrected chi connectivity index (χ4v) is 4.24. The molecule has 0 saturated carbocycles. The zero-order valence-corrected chi connectivity index (χ0v) is 15.2. The Morgan fingerprint density at radius 1 is 1.36 bits per heavy atom. The van der Waals surface area contributed by atoms with Crippen LogP contribution in [0.3, 0.4) is 0 Å². The Hall–Kier alpha value is -1.48. The molecule has 1 aromatic carbocycles. The summed E-state index contributed by atoms with van der Waals surface area (Å²) in [5.74, 6) is -0.0646. The van der Waals surface area contributed by atoms with Crippen LogP contribution in [0.1, 0.15) is 30.1 Å². The lowest BCUT2D eigenvalue weighted by Crippen LogP contribution is -2.52. The Morgan fingerprint density at radius 3 is 2.76 bits per heavy atom. The van der Waals surface area contributed by atoms with E-state index in [0.717, 1.165) is 25.9 Å². The van der Waals surface area contributed by atoms with Crippen molar-refractivity contribution < 1.29 is 17.9 Å². The van der Waals surface area contributed by atoms with Gasteiger partial charge in [0, 0.05) is 44.4 Å². The summed E-state index contributed by atoms with van der Waals surface area (Å²) in [4.78, 5) is 14.6. The molecule has 2 N–H and O–H groups in total. The van der Waals surface area contributed by atoms with Crippen molar-refractivity contribution in [2.45, 2.75) is 36.8 Å². The largest absolute Gasteiger partial charge is 0.377 e. The quantitative estimate of drug-likeness (QED) is 0.795. The van der Waals surface area contributed by atoms with E-state index in [2.05, 4.69) is 10.0 Å². The Bertz CT molecular complexity index is 699. The number of benzene rings is 1. The minimum atomic E-state index is -3.59. The molecule has 138 valence electrons. The van der Waals surface area contributed by atoms with Gasteiger partial charge in [0.25, 0.3) is 5.91 Å². The maximum atomic E-state index is 12.6. The van der Waals surface area contributed by atoms with Crippen molar-refractivity contribution in [1.29, 1.82) is 0 Å². The molecule has 0 aliphatic carbocycles. The molecule has 0 spiro atoms. The van der Waals surface area contributed by atoms with E-state index in [1.165, 1.54) is 12.1 Å². The first-order chi connectivity index (χ1) is 12.0. The van der Waals surface area contributed by atoms with E-state index in [1.807, 2.05) is 11.8 Å². The van der Waals surface area contributed by atoms with Crippen LogP contribution in [0, 0.1) is 0 Å². The number of piperazine rings is 1. The summed E-state index contributed by atoms with van der Waals surface area (Å²) in [6, 6.07) is 6.25. The second-order valence-corrected chi connectivity index (χ2v) is 8.33. The minimum Gasteiger partial charge on any atom is -0.377 e. The van der Waals surface area contributed by atoms with E-state index in [9.17, 15) is 13.2 Å². The van der Waals surface area contributed by atoms with E-state index in [0.29, 0.717) is 18.7 Å². The first-order valence-electron chi connectivity index (χ1n) is 8.70. The molecule has 7 nitrogen and oxygen atoms in total. The smallest absolute Gasteiger partial charge is 0.254 e. The van der Waals surface area contributed by atoms with Crippen LogP contribution in [0.2, 0.25) is 0 Å². The van der Waals surface area contributed by atoms with Crippen molar-refractivity contribution in [2.75, 3.05) is 32.8 Å². The standard InChI is InChI=1S/C17H25N3O4S/c1-13-11-18-8-9-20(13)17(21)14-4-6-16(7-5-14)25(22,23)19-12-15-3-2-10-24-15/h4-7,13,15,18-19H,2-3,8-12H2,1H3. The van der Waals surface area contributed by atoms with Crippen LogP contribution in [0.5, 0.6) is 0 Å². The van der Waals surface area contributed by atoms with Crippen molar-refractivity contribution in [3.8, 4) is 0 Å². The number of amides is 1. The van der Waals surface area contributed by atoms with Gasteiger partial charge in [-0.1, -0.05) is 0 Å². The lowest BCUT2D eigenvalue weighted by molar-refractivity contribution is 0.0655. The fourth-order valence-electron chi connectivity index (χ4n) is 3.18. The van der Waals surface area contributed by atoms with E-state index >= 15 is 0 Å². The number of carbonyl (C=O) groups excluding carboxylic acids is 1. The van der Waals surface area contributed by atoms with Crippen LogP contribution in [0.25, 0.3) is 0 Å². The molecule has 0 radical (unpaired) electrons. The predicted molar refractivity (Wildman–Crippen MR) is 94.0 cm³/mol. The highest BCUT2D eigenvalue weighted by Crippen LogP contribution is 2.16. The summed E-state index contributed by atoms with van der Waals surface area (Å²) in [7, 11) is -3.59. The van der Waals surface area contributed by atoms with Gasteiger partial charge in [0.2, 0.25) is 10.0 Å². The fraction of sp³-hybridized carbons (Fsp3) is 0.588. The average Bonchev–Trinajstić information content (AvgIpc) is 3.14. The number of hydrogen-bond donors (Lipinski definition) is 2. The monoisotopic (exact) mass is 367 g/mol. The molecule has 3 rings (SSSR count). The summed E-state index contributed by atoms with van der Waals surface area (Å²) < 4.78 is 32.7. The third kappa shape index (κ3) is 4.38. The van der Waals surface area contributed by atoms with Crippen LogP contribution in [-0.2, 0) is 14.8 Å². The average molecular weight is 367 g/mol. The molecule has 1 amide bonds. The lowest BCUT2D eigenvalue weighted by Gasteiger charge is -2.34. The zero-order chi connectivity index (χ0) is 17.9. The Morgan fingerprint density at radius 2 is 2.12 bits per heavy atom. The van der Waals surface area contributed by atoms with Crippen molar-refractivity contribution in [2.24, 2.45) is 0 Å². The third-order valence-electron chi connectivity index (χ3n) is 4.70. The molecule has 1 aromatic rings. The molecule has 2 aliphatic rings. The van der Waals surface area contributed by atoms with Gasteiger partial charge in [0.15, 0.2) is 0 Å². The molecule has 2 aliphatic heterocycles. The van der Waals surface area contributed by atoms with Crippen LogP contribution >= 0.6 is 0 Å². The van der Waals surface area contributed by atoms with Crippen LogP contribution in [0.4, 0.5) is 0 Å². The normalized spacial score (nSPS) is 24.4. The second kappa shape index (κ2) is 7.82. The third-order valence-corrected chi connectivity index (χ3v) is 6.14. The van der Waals surface area contributed by atoms with E-state index in [1.54, 1.807) is 12.1 Å². The Labute approximate surface area is 148 Å². The summed E-state index contributed by atoms with van der Waals surface area (Å²) in [6.45, 7) is 5.16. The molecule has 0 aromatic heterocycles. The number of hydrogen-bond acceptors (Lipinski definition) is 5. The summed E-state index contributed by atoms with van der Waals surface area (Å²) in [6.07, 6.45) is 1.79. The van der Waals surface area contributed by atoms with Gasteiger partial charge in [-0.3, -0.25) is 4.79 Å². The summed E-state index contributed by atoms with van der Waals surface area (Å²) in [5.41, 5.74) is 0.506. The van der Waals surface area contributed by atoms with Crippen molar-refractivity contribution >= 4 is 15.9 Å². The molecule has 0 bridgehead atoms. The van der Waals surface area contributed by atoms with Gasteiger partial charge in [-0.25, -0.2) is 13.1 Å².